The molecule has 1 saturated carbocycles. The standard InChI is InChI=1S/C20H34O5/c1-2-3-6-9-15(21)12-13-17-16(18(22)14-19(17)23)10-7-4-5-8-11-20(24)25/h4,7,12-13,15-19,21-23H,2-3,5-6,8-11,14H2,1H3,(H,24,25)/b7-4-,13-12+/t15?,16-,17+,18-,19+/m0/s1. The molecule has 25 heavy (non-hydrogen) atoms. The molecule has 0 heterocycles. The van der Waals surface area contributed by atoms with Crippen molar-refractivity contribution < 1.29 is 25.2 Å². The number of allylic oxidation sites excluding steroid dienone is 2. The monoisotopic (exact) mass is 354 g/mol. The summed E-state index contributed by atoms with van der Waals surface area (Å²) in [7, 11) is 0. The van der Waals surface area contributed by atoms with E-state index in [0.29, 0.717) is 25.7 Å². The molecule has 0 aliphatic heterocycles. The van der Waals surface area contributed by atoms with E-state index in [1.54, 1.807) is 6.08 Å². The lowest BCUT2D eigenvalue weighted by Crippen LogP contribution is -2.20. The highest BCUT2D eigenvalue weighted by Crippen LogP contribution is 2.36. The number of carboxylic acid groups (broad SMARTS) is 1. The van der Waals surface area contributed by atoms with Crippen LogP contribution in [0.2, 0.25) is 0 Å². The zero-order valence-electron chi connectivity index (χ0n) is 15.3. The van der Waals surface area contributed by atoms with E-state index in [4.69, 9.17) is 5.11 Å². The van der Waals surface area contributed by atoms with E-state index >= 15 is 0 Å². The number of rotatable bonds is 12. The molecule has 4 N–H and O–H groups in total. The summed E-state index contributed by atoms with van der Waals surface area (Å²) in [6.07, 6.45) is 12.3. The van der Waals surface area contributed by atoms with Gasteiger partial charge in [-0.25, -0.2) is 0 Å². The zero-order chi connectivity index (χ0) is 18.7. The lowest BCUT2D eigenvalue weighted by molar-refractivity contribution is -0.137. The molecule has 0 aromatic rings. The second kappa shape index (κ2) is 12.2. The van der Waals surface area contributed by atoms with Crippen LogP contribution in [-0.4, -0.2) is 44.7 Å². The Labute approximate surface area is 151 Å². The third-order valence-electron chi connectivity index (χ3n) is 4.91. The predicted octanol–water partition coefficient (Wildman–Crippen LogP) is 3.04. The van der Waals surface area contributed by atoms with Gasteiger partial charge in [-0.2, -0.15) is 0 Å². The van der Waals surface area contributed by atoms with Crippen LogP contribution < -0.4 is 0 Å². The van der Waals surface area contributed by atoms with Gasteiger partial charge in [-0.05, 0) is 31.6 Å². The molecule has 1 aliphatic carbocycles. The molecule has 1 fully saturated rings. The number of aliphatic carboxylic acids is 1. The van der Waals surface area contributed by atoms with Crippen molar-refractivity contribution >= 4 is 5.97 Å². The van der Waals surface area contributed by atoms with E-state index in [2.05, 4.69) is 6.92 Å². The lowest BCUT2D eigenvalue weighted by Gasteiger charge is -2.19. The molecule has 0 bridgehead atoms. The van der Waals surface area contributed by atoms with Crippen LogP contribution in [0.4, 0.5) is 0 Å². The molecule has 0 spiro atoms. The summed E-state index contributed by atoms with van der Waals surface area (Å²) in [5, 5.41) is 39.0. The number of hydrogen-bond acceptors (Lipinski definition) is 4. The van der Waals surface area contributed by atoms with Crippen LogP contribution in [0, 0.1) is 11.8 Å². The minimum absolute atomic E-state index is 0.0650. The molecule has 1 unspecified atom stereocenters. The molecule has 0 radical (unpaired) electrons. The molecule has 144 valence electrons. The van der Waals surface area contributed by atoms with Gasteiger partial charge >= 0.3 is 5.97 Å². The number of aliphatic hydroxyl groups is 3. The summed E-state index contributed by atoms with van der Waals surface area (Å²) in [4.78, 5) is 10.5. The van der Waals surface area contributed by atoms with Gasteiger partial charge in [0.2, 0.25) is 0 Å². The molecule has 5 heteroatoms. The predicted molar refractivity (Wildman–Crippen MR) is 98.1 cm³/mol. The first-order valence-electron chi connectivity index (χ1n) is 9.55. The number of hydrogen-bond donors (Lipinski definition) is 4. The van der Waals surface area contributed by atoms with Crippen molar-refractivity contribution in [3.05, 3.63) is 24.3 Å². The van der Waals surface area contributed by atoms with Gasteiger partial charge in [0.1, 0.15) is 0 Å². The third-order valence-corrected chi connectivity index (χ3v) is 4.91. The highest BCUT2D eigenvalue weighted by atomic mass is 16.4. The van der Waals surface area contributed by atoms with Crippen LogP contribution in [0.3, 0.4) is 0 Å². The lowest BCUT2D eigenvalue weighted by atomic mass is 9.89. The Morgan fingerprint density at radius 3 is 2.60 bits per heavy atom. The molecule has 0 saturated heterocycles. The van der Waals surface area contributed by atoms with Crippen molar-refractivity contribution in [1.82, 2.24) is 0 Å². The molecule has 0 amide bonds. The fourth-order valence-corrected chi connectivity index (χ4v) is 3.41. The smallest absolute Gasteiger partial charge is 0.303 e. The van der Waals surface area contributed by atoms with E-state index in [1.165, 1.54) is 0 Å². The van der Waals surface area contributed by atoms with E-state index in [0.717, 1.165) is 25.7 Å². The van der Waals surface area contributed by atoms with Crippen molar-refractivity contribution in [2.24, 2.45) is 11.8 Å². The van der Waals surface area contributed by atoms with E-state index in [1.807, 2.05) is 18.2 Å². The Balaban J connectivity index is 2.46. The summed E-state index contributed by atoms with van der Waals surface area (Å²) in [6, 6.07) is 0. The Morgan fingerprint density at radius 2 is 1.92 bits per heavy atom. The molecule has 1 aliphatic rings. The normalized spacial score (nSPS) is 28.2. The first-order chi connectivity index (χ1) is 12.0. The average molecular weight is 354 g/mol. The highest BCUT2D eigenvalue weighted by Gasteiger charge is 2.39. The first-order valence-corrected chi connectivity index (χ1v) is 9.55. The van der Waals surface area contributed by atoms with Crippen molar-refractivity contribution in [3.63, 3.8) is 0 Å². The fourth-order valence-electron chi connectivity index (χ4n) is 3.41. The summed E-state index contributed by atoms with van der Waals surface area (Å²) in [5.41, 5.74) is 0. The Kier molecular flexibility index (Phi) is 10.7. The van der Waals surface area contributed by atoms with E-state index in [9.17, 15) is 20.1 Å². The summed E-state index contributed by atoms with van der Waals surface area (Å²) in [6.45, 7) is 2.12. The molecular formula is C20H34O5. The summed E-state index contributed by atoms with van der Waals surface area (Å²) < 4.78 is 0. The third kappa shape index (κ3) is 8.66. The second-order valence-electron chi connectivity index (χ2n) is 7.05. The maximum Gasteiger partial charge on any atom is 0.303 e. The number of aliphatic hydroxyl groups excluding tert-OH is 3. The van der Waals surface area contributed by atoms with E-state index < -0.39 is 24.3 Å². The SMILES string of the molecule is CCCCCC(O)/C=C/[C@@H]1[C@H](C/C=C\CCCC(=O)O)[C@@H](O)C[C@H]1O. The van der Waals surface area contributed by atoms with Crippen molar-refractivity contribution in [3.8, 4) is 0 Å². The van der Waals surface area contributed by atoms with Crippen LogP contribution in [0.25, 0.3) is 0 Å². The molecule has 0 aromatic heterocycles. The van der Waals surface area contributed by atoms with Gasteiger partial charge in [0, 0.05) is 18.8 Å². The summed E-state index contributed by atoms with van der Waals surface area (Å²) >= 11 is 0. The molecule has 0 aromatic carbocycles. The average Bonchev–Trinajstić information content (AvgIpc) is 2.82. The Hall–Kier alpha value is -1.17. The Bertz CT molecular complexity index is 432. The van der Waals surface area contributed by atoms with Gasteiger partial charge in [-0.15, -0.1) is 0 Å². The second-order valence-corrected chi connectivity index (χ2v) is 7.05. The number of unbranched alkanes of at least 4 members (excludes halogenated alkanes) is 3. The number of carbonyl (C=O) groups is 1. The van der Waals surface area contributed by atoms with Crippen molar-refractivity contribution in [2.45, 2.75) is 83.0 Å². The topological polar surface area (TPSA) is 98.0 Å². The van der Waals surface area contributed by atoms with Gasteiger partial charge in [0.25, 0.3) is 0 Å². The first kappa shape index (κ1) is 21.9. The largest absolute Gasteiger partial charge is 0.481 e. The van der Waals surface area contributed by atoms with Crippen LogP contribution in [0.15, 0.2) is 24.3 Å². The van der Waals surface area contributed by atoms with E-state index in [-0.39, 0.29) is 18.3 Å². The molecular weight excluding hydrogens is 320 g/mol. The van der Waals surface area contributed by atoms with Crippen LogP contribution in [-0.2, 0) is 4.79 Å². The number of carboxylic acids is 1. The van der Waals surface area contributed by atoms with Crippen LogP contribution in [0.5, 0.6) is 0 Å². The quantitative estimate of drug-likeness (QED) is 0.319. The van der Waals surface area contributed by atoms with Gasteiger partial charge in [-0.3, -0.25) is 4.79 Å². The maximum absolute atomic E-state index is 10.5. The molecule has 1 rings (SSSR count). The minimum Gasteiger partial charge on any atom is -0.481 e. The van der Waals surface area contributed by atoms with Gasteiger partial charge in [-0.1, -0.05) is 50.5 Å². The van der Waals surface area contributed by atoms with Gasteiger partial charge < -0.3 is 20.4 Å². The van der Waals surface area contributed by atoms with Crippen molar-refractivity contribution in [1.29, 1.82) is 0 Å². The zero-order valence-corrected chi connectivity index (χ0v) is 15.3. The fraction of sp³-hybridized carbons (Fsp3) is 0.750. The molecule has 5 nitrogen and oxygen atoms in total. The van der Waals surface area contributed by atoms with Gasteiger partial charge in [0.15, 0.2) is 0 Å². The summed E-state index contributed by atoms with van der Waals surface area (Å²) in [5.74, 6) is -1.00. The van der Waals surface area contributed by atoms with Gasteiger partial charge in [0.05, 0.1) is 18.3 Å². The van der Waals surface area contributed by atoms with Crippen LogP contribution >= 0.6 is 0 Å². The minimum atomic E-state index is -0.787. The maximum atomic E-state index is 10.5. The Morgan fingerprint density at radius 1 is 1.16 bits per heavy atom. The molecule has 5 atom stereocenters. The van der Waals surface area contributed by atoms with Crippen LogP contribution in [0.1, 0.15) is 64.7 Å². The van der Waals surface area contributed by atoms with Crippen molar-refractivity contribution in [2.75, 3.05) is 0 Å². The highest BCUT2D eigenvalue weighted by molar-refractivity contribution is 5.66.